The quantitative estimate of drug-likeness (QED) is 0.382. The molecule has 1 amide bonds. The van der Waals surface area contributed by atoms with E-state index in [2.05, 4.69) is 35.5 Å². The molecule has 1 atom stereocenters. The van der Waals surface area contributed by atoms with Gasteiger partial charge in [0.05, 0.1) is 0 Å². The maximum atomic E-state index is 12.1. The molecule has 0 saturated carbocycles. The zero-order valence-corrected chi connectivity index (χ0v) is 11.8. The Bertz CT molecular complexity index is 534. The number of benzene rings is 1. The van der Waals surface area contributed by atoms with Crippen LogP contribution in [0.15, 0.2) is 34.9 Å². The lowest BCUT2D eigenvalue weighted by molar-refractivity contribution is -0.116. The first kappa shape index (κ1) is 14.3. The van der Waals surface area contributed by atoms with Crippen molar-refractivity contribution >= 4 is 18.3 Å². The maximum absolute atomic E-state index is 12.1. The summed E-state index contributed by atoms with van der Waals surface area (Å²) < 4.78 is 0. The normalized spacial score (nSPS) is 18.2. The summed E-state index contributed by atoms with van der Waals surface area (Å²) in [5.74, 6) is 5.42. The number of carbonyl (C=O) groups is 1. The van der Waals surface area contributed by atoms with Crippen molar-refractivity contribution in [2.24, 2.45) is 16.9 Å². The van der Waals surface area contributed by atoms with Crippen LogP contribution in [-0.2, 0) is 11.2 Å². The van der Waals surface area contributed by atoms with E-state index in [1.165, 1.54) is 11.9 Å². The molecular weight excluding hydrogens is 250 g/mol. The molecule has 4 heteroatoms. The lowest BCUT2D eigenvalue weighted by atomic mass is 9.91. The van der Waals surface area contributed by atoms with E-state index in [-0.39, 0.29) is 5.91 Å². The summed E-state index contributed by atoms with van der Waals surface area (Å²) in [5.41, 5.74) is 3.26. The van der Waals surface area contributed by atoms with Crippen LogP contribution in [0.1, 0.15) is 37.3 Å². The van der Waals surface area contributed by atoms with E-state index < -0.39 is 0 Å². The van der Waals surface area contributed by atoms with Crippen LogP contribution in [0.3, 0.4) is 0 Å². The summed E-state index contributed by atoms with van der Waals surface area (Å²) in [5, 5.41) is 5.91. The van der Waals surface area contributed by atoms with Gasteiger partial charge in [-0.15, -0.1) is 0 Å². The summed E-state index contributed by atoms with van der Waals surface area (Å²) in [7, 11) is 0. The van der Waals surface area contributed by atoms with Gasteiger partial charge in [-0.3, -0.25) is 4.79 Å². The van der Waals surface area contributed by atoms with E-state index in [1.54, 1.807) is 0 Å². The Labute approximate surface area is 119 Å². The number of nitrogens with zero attached hydrogens (tertiary/aromatic N) is 1. The molecule has 0 heterocycles. The third-order valence-electron chi connectivity index (χ3n) is 3.66. The molecule has 4 nitrogen and oxygen atoms in total. The topological polar surface area (TPSA) is 67.5 Å². The SMILES string of the molecule is CCCC1CC(C(=O)NC=NN)=Cc2ccccc2C1. The van der Waals surface area contributed by atoms with Gasteiger partial charge in [-0.25, -0.2) is 0 Å². The highest BCUT2D eigenvalue weighted by molar-refractivity contribution is 6.03. The lowest BCUT2D eigenvalue weighted by Crippen LogP contribution is -2.25. The number of carbonyl (C=O) groups excluding carboxylic acids is 1. The number of hydrazone groups is 1. The Kier molecular flexibility index (Phi) is 4.93. The molecule has 1 aromatic carbocycles. The summed E-state index contributed by atoms with van der Waals surface area (Å²) in [6.45, 7) is 2.18. The van der Waals surface area contributed by atoms with Gasteiger partial charge in [-0.1, -0.05) is 44.0 Å². The number of nitrogens with two attached hydrogens (primary N) is 1. The van der Waals surface area contributed by atoms with Gasteiger partial charge in [0.15, 0.2) is 0 Å². The molecule has 1 unspecified atom stereocenters. The van der Waals surface area contributed by atoms with Gasteiger partial charge >= 0.3 is 0 Å². The first-order valence-electron chi connectivity index (χ1n) is 7.05. The van der Waals surface area contributed by atoms with Crippen molar-refractivity contribution in [1.29, 1.82) is 0 Å². The summed E-state index contributed by atoms with van der Waals surface area (Å²) >= 11 is 0. The van der Waals surface area contributed by atoms with E-state index in [4.69, 9.17) is 5.84 Å². The van der Waals surface area contributed by atoms with E-state index in [0.29, 0.717) is 5.92 Å². The van der Waals surface area contributed by atoms with Crippen molar-refractivity contribution in [1.82, 2.24) is 5.32 Å². The number of fused-ring (bicyclic) bond motifs is 1. The molecule has 0 radical (unpaired) electrons. The third kappa shape index (κ3) is 3.47. The zero-order valence-electron chi connectivity index (χ0n) is 11.8. The van der Waals surface area contributed by atoms with Crippen molar-refractivity contribution in [2.75, 3.05) is 0 Å². The summed E-state index contributed by atoms with van der Waals surface area (Å²) in [4.78, 5) is 12.1. The molecular formula is C16H21N3O. The summed E-state index contributed by atoms with van der Waals surface area (Å²) in [6.07, 6.45) is 7.31. The van der Waals surface area contributed by atoms with Gasteiger partial charge < -0.3 is 11.2 Å². The smallest absolute Gasteiger partial charge is 0.252 e. The minimum atomic E-state index is -0.114. The fourth-order valence-electron chi connectivity index (χ4n) is 2.76. The van der Waals surface area contributed by atoms with Crippen molar-refractivity contribution in [3.63, 3.8) is 0 Å². The molecule has 2 rings (SSSR count). The van der Waals surface area contributed by atoms with Crippen molar-refractivity contribution in [2.45, 2.75) is 32.6 Å². The molecule has 106 valence electrons. The molecule has 0 aromatic heterocycles. The molecule has 1 aromatic rings. The second-order valence-corrected chi connectivity index (χ2v) is 5.18. The van der Waals surface area contributed by atoms with E-state index in [0.717, 1.165) is 36.8 Å². The molecule has 0 fully saturated rings. The van der Waals surface area contributed by atoms with Gasteiger partial charge in [0.1, 0.15) is 6.34 Å². The van der Waals surface area contributed by atoms with Gasteiger partial charge in [0.2, 0.25) is 0 Å². The van der Waals surface area contributed by atoms with Crippen LogP contribution in [0, 0.1) is 5.92 Å². The average Bonchev–Trinajstić information content (AvgIpc) is 2.64. The molecule has 3 N–H and O–H groups in total. The van der Waals surface area contributed by atoms with Crippen molar-refractivity contribution < 1.29 is 4.79 Å². The summed E-state index contributed by atoms with van der Waals surface area (Å²) in [6, 6.07) is 8.28. The minimum absolute atomic E-state index is 0.114. The number of hydrogen-bond donors (Lipinski definition) is 2. The van der Waals surface area contributed by atoms with E-state index in [1.807, 2.05) is 12.1 Å². The minimum Gasteiger partial charge on any atom is -0.322 e. The van der Waals surface area contributed by atoms with Crippen LogP contribution < -0.4 is 11.2 Å². The van der Waals surface area contributed by atoms with Crippen LogP contribution in [0.25, 0.3) is 6.08 Å². The van der Waals surface area contributed by atoms with Crippen molar-refractivity contribution in [3.8, 4) is 0 Å². The Balaban J connectivity index is 2.29. The highest BCUT2D eigenvalue weighted by Gasteiger charge is 2.20. The monoisotopic (exact) mass is 271 g/mol. The Morgan fingerprint density at radius 3 is 3.00 bits per heavy atom. The Morgan fingerprint density at radius 1 is 1.45 bits per heavy atom. The maximum Gasteiger partial charge on any atom is 0.252 e. The first-order valence-corrected chi connectivity index (χ1v) is 7.05. The zero-order chi connectivity index (χ0) is 14.4. The Morgan fingerprint density at radius 2 is 2.25 bits per heavy atom. The lowest BCUT2D eigenvalue weighted by Gasteiger charge is -2.15. The molecule has 20 heavy (non-hydrogen) atoms. The van der Waals surface area contributed by atoms with E-state index >= 15 is 0 Å². The Hall–Kier alpha value is -2.10. The van der Waals surface area contributed by atoms with Crippen LogP contribution >= 0.6 is 0 Å². The molecule has 1 aliphatic rings. The third-order valence-corrected chi connectivity index (χ3v) is 3.66. The largest absolute Gasteiger partial charge is 0.322 e. The molecule has 0 spiro atoms. The first-order chi connectivity index (χ1) is 9.74. The molecule has 0 saturated heterocycles. The van der Waals surface area contributed by atoms with Crippen LogP contribution in [-0.4, -0.2) is 12.2 Å². The molecule has 0 aliphatic heterocycles. The van der Waals surface area contributed by atoms with E-state index in [9.17, 15) is 4.79 Å². The highest BCUT2D eigenvalue weighted by Crippen LogP contribution is 2.29. The van der Waals surface area contributed by atoms with Gasteiger partial charge in [-0.2, -0.15) is 5.10 Å². The van der Waals surface area contributed by atoms with Gasteiger partial charge in [0, 0.05) is 5.57 Å². The second-order valence-electron chi connectivity index (χ2n) is 5.18. The fraction of sp³-hybridized carbons (Fsp3) is 0.375. The second kappa shape index (κ2) is 6.89. The van der Waals surface area contributed by atoms with Crippen LogP contribution in [0.2, 0.25) is 0 Å². The predicted octanol–water partition coefficient (Wildman–Crippen LogP) is 2.45. The number of rotatable bonds is 4. The fourth-order valence-corrected chi connectivity index (χ4v) is 2.76. The standard InChI is InChI=1S/C16H21N3O/c1-2-5-12-8-13-6-3-4-7-14(13)10-15(9-12)16(20)18-11-19-17/h3-4,6-7,10-12H,2,5,8-9,17H2,1H3,(H,18,19,20). The van der Waals surface area contributed by atoms with Crippen molar-refractivity contribution in [3.05, 3.63) is 41.0 Å². The molecule has 0 bridgehead atoms. The number of nitrogens with one attached hydrogen (secondary N) is 1. The van der Waals surface area contributed by atoms with Gasteiger partial charge in [-0.05, 0) is 36.0 Å². The van der Waals surface area contributed by atoms with Gasteiger partial charge in [0.25, 0.3) is 5.91 Å². The van der Waals surface area contributed by atoms with Crippen LogP contribution in [0.4, 0.5) is 0 Å². The average molecular weight is 271 g/mol. The number of hydrogen-bond acceptors (Lipinski definition) is 3. The predicted molar refractivity (Wildman–Crippen MR) is 82.0 cm³/mol. The molecule has 1 aliphatic carbocycles. The highest BCUT2D eigenvalue weighted by atomic mass is 16.1. The van der Waals surface area contributed by atoms with Crippen LogP contribution in [0.5, 0.6) is 0 Å². The number of amides is 1.